The molecule has 0 aliphatic rings. The van der Waals surface area contributed by atoms with Gasteiger partial charge in [0, 0.05) is 28.4 Å². The van der Waals surface area contributed by atoms with E-state index < -0.39 is 0 Å². The SMILES string of the molecule is Cc1cc(-c2[nH]c3cc[c]cc3c2C(C)C)ccn1. The maximum absolute atomic E-state index is 4.27. The fourth-order valence-corrected chi connectivity index (χ4v) is 2.63. The van der Waals surface area contributed by atoms with Crippen LogP contribution in [0.4, 0.5) is 0 Å². The summed E-state index contributed by atoms with van der Waals surface area (Å²) in [5.41, 5.74) is 5.98. The summed E-state index contributed by atoms with van der Waals surface area (Å²) in [6.45, 7) is 6.48. The first kappa shape index (κ1) is 12.0. The molecule has 0 aliphatic carbocycles. The van der Waals surface area contributed by atoms with Crippen molar-refractivity contribution in [2.24, 2.45) is 0 Å². The second-order valence-electron chi connectivity index (χ2n) is 5.23. The second kappa shape index (κ2) is 4.54. The van der Waals surface area contributed by atoms with E-state index in [1.54, 1.807) is 0 Å². The van der Waals surface area contributed by atoms with Crippen molar-refractivity contribution in [3.05, 3.63) is 53.9 Å². The van der Waals surface area contributed by atoms with Gasteiger partial charge < -0.3 is 4.98 Å². The van der Waals surface area contributed by atoms with Crippen molar-refractivity contribution < 1.29 is 0 Å². The summed E-state index contributed by atoms with van der Waals surface area (Å²) >= 11 is 0. The summed E-state index contributed by atoms with van der Waals surface area (Å²) in [4.78, 5) is 7.81. The fourth-order valence-electron chi connectivity index (χ4n) is 2.63. The van der Waals surface area contributed by atoms with Crippen molar-refractivity contribution in [1.82, 2.24) is 9.97 Å². The molecule has 1 aromatic carbocycles. The zero-order chi connectivity index (χ0) is 13.4. The number of nitrogens with zero attached hydrogens (tertiary/aromatic N) is 1. The van der Waals surface area contributed by atoms with Gasteiger partial charge in [0.2, 0.25) is 0 Å². The van der Waals surface area contributed by atoms with Gasteiger partial charge in [-0.15, -0.1) is 0 Å². The normalized spacial score (nSPS) is 11.4. The van der Waals surface area contributed by atoms with Crippen molar-refractivity contribution in [1.29, 1.82) is 0 Å². The first-order valence-electron chi connectivity index (χ1n) is 6.61. The molecule has 0 fully saturated rings. The van der Waals surface area contributed by atoms with Crippen molar-refractivity contribution in [2.45, 2.75) is 26.7 Å². The molecular weight excluding hydrogens is 232 g/mol. The van der Waals surface area contributed by atoms with Gasteiger partial charge in [-0.3, -0.25) is 4.98 Å². The molecule has 3 rings (SSSR count). The van der Waals surface area contributed by atoms with Gasteiger partial charge in [0.05, 0.1) is 5.69 Å². The lowest BCUT2D eigenvalue weighted by atomic mass is 9.96. The van der Waals surface area contributed by atoms with Crippen molar-refractivity contribution in [3.63, 3.8) is 0 Å². The largest absolute Gasteiger partial charge is 0.354 e. The van der Waals surface area contributed by atoms with Crippen LogP contribution in [-0.2, 0) is 0 Å². The third kappa shape index (κ3) is 2.03. The molecule has 1 radical (unpaired) electrons. The summed E-state index contributed by atoms with van der Waals surface area (Å²) in [5.74, 6) is 0.466. The fraction of sp³-hybridized carbons (Fsp3) is 0.235. The van der Waals surface area contributed by atoms with E-state index in [1.807, 2.05) is 19.2 Å². The quantitative estimate of drug-likeness (QED) is 0.713. The molecule has 19 heavy (non-hydrogen) atoms. The van der Waals surface area contributed by atoms with E-state index in [4.69, 9.17) is 0 Å². The Labute approximate surface area is 113 Å². The van der Waals surface area contributed by atoms with E-state index in [0.717, 1.165) is 5.69 Å². The van der Waals surface area contributed by atoms with Gasteiger partial charge in [-0.2, -0.15) is 0 Å². The Balaban J connectivity index is 2.31. The smallest absolute Gasteiger partial charge is 0.0501 e. The minimum Gasteiger partial charge on any atom is -0.354 e. The van der Waals surface area contributed by atoms with Crippen LogP contribution in [0, 0.1) is 13.0 Å². The number of aryl methyl sites for hydroxylation is 1. The van der Waals surface area contributed by atoms with Gasteiger partial charge in [0.25, 0.3) is 0 Å². The van der Waals surface area contributed by atoms with Crippen LogP contribution in [0.15, 0.2) is 36.5 Å². The molecule has 0 saturated heterocycles. The Kier molecular flexibility index (Phi) is 2.86. The lowest BCUT2D eigenvalue weighted by Gasteiger charge is -2.08. The Morgan fingerprint density at radius 1 is 1.26 bits per heavy atom. The molecule has 0 saturated carbocycles. The molecule has 3 aromatic rings. The predicted molar refractivity (Wildman–Crippen MR) is 79.2 cm³/mol. The van der Waals surface area contributed by atoms with Gasteiger partial charge in [0.1, 0.15) is 0 Å². The van der Waals surface area contributed by atoms with Crippen molar-refractivity contribution in [2.75, 3.05) is 0 Å². The molecule has 0 atom stereocenters. The molecule has 2 heterocycles. The highest BCUT2D eigenvalue weighted by atomic mass is 14.7. The van der Waals surface area contributed by atoms with Crippen LogP contribution in [0.1, 0.15) is 31.0 Å². The minimum absolute atomic E-state index is 0.466. The van der Waals surface area contributed by atoms with Crippen LogP contribution in [0.3, 0.4) is 0 Å². The van der Waals surface area contributed by atoms with E-state index in [1.165, 1.54) is 27.7 Å². The highest BCUT2D eigenvalue weighted by molar-refractivity contribution is 5.91. The number of rotatable bonds is 2. The number of hydrogen-bond acceptors (Lipinski definition) is 1. The third-order valence-electron chi connectivity index (χ3n) is 3.45. The molecule has 0 unspecified atom stereocenters. The standard InChI is InChI=1S/C17H17N2/c1-11(2)16-14-6-4-5-7-15(14)19-17(16)13-8-9-18-12(3)10-13/h5-11,19H,1-3H3. The maximum Gasteiger partial charge on any atom is 0.0501 e. The number of benzene rings is 1. The second-order valence-corrected chi connectivity index (χ2v) is 5.23. The van der Waals surface area contributed by atoms with E-state index in [-0.39, 0.29) is 0 Å². The molecule has 2 nitrogen and oxygen atoms in total. The predicted octanol–water partition coefficient (Wildman–Crippen LogP) is 4.46. The van der Waals surface area contributed by atoms with E-state index in [9.17, 15) is 0 Å². The van der Waals surface area contributed by atoms with Crippen LogP contribution in [0.25, 0.3) is 22.2 Å². The minimum atomic E-state index is 0.466. The zero-order valence-electron chi connectivity index (χ0n) is 11.5. The topological polar surface area (TPSA) is 28.7 Å². The van der Waals surface area contributed by atoms with E-state index >= 15 is 0 Å². The average Bonchev–Trinajstić information content (AvgIpc) is 2.78. The van der Waals surface area contributed by atoms with Gasteiger partial charge in [-0.1, -0.05) is 19.9 Å². The van der Waals surface area contributed by atoms with Gasteiger partial charge in [-0.05, 0) is 48.7 Å². The molecular formula is C17H17N2. The van der Waals surface area contributed by atoms with Gasteiger partial charge >= 0.3 is 0 Å². The van der Waals surface area contributed by atoms with Crippen LogP contribution in [-0.4, -0.2) is 9.97 Å². The summed E-state index contributed by atoms with van der Waals surface area (Å²) in [6.07, 6.45) is 1.87. The third-order valence-corrected chi connectivity index (χ3v) is 3.45. The molecule has 0 bridgehead atoms. The number of aromatic nitrogens is 2. The summed E-state index contributed by atoms with van der Waals surface area (Å²) in [5, 5.41) is 1.27. The first-order chi connectivity index (χ1) is 9.16. The number of aromatic amines is 1. The van der Waals surface area contributed by atoms with Gasteiger partial charge in [0.15, 0.2) is 0 Å². The Morgan fingerprint density at radius 2 is 2.11 bits per heavy atom. The maximum atomic E-state index is 4.27. The molecule has 2 aromatic heterocycles. The highest BCUT2D eigenvalue weighted by Gasteiger charge is 2.15. The molecule has 2 heteroatoms. The van der Waals surface area contributed by atoms with Crippen molar-refractivity contribution in [3.8, 4) is 11.3 Å². The molecule has 95 valence electrons. The highest BCUT2D eigenvalue weighted by Crippen LogP contribution is 2.35. The number of H-pyrrole nitrogens is 1. The van der Waals surface area contributed by atoms with Crippen LogP contribution in [0.5, 0.6) is 0 Å². The number of fused-ring (bicyclic) bond motifs is 1. The Hall–Kier alpha value is -2.09. The monoisotopic (exact) mass is 249 g/mol. The molecule has 1 N–H and O–H groups in total. The van der Waals surface area contributed by atoms with E-state index in [0.29, 0.717) is 5.92 Å². The van der Waals surface area contributed by atoms with E-state index in [2.05, 4.69) is 54.1 Å². The van der Waals surface area contributed by atoms with Gasteiger partial charge in [-0.25, -0.2) is 0 Å². The Bertz CT molecular complexity index is 723. The lowest BCUT2D eigenvalue weighted by Crippen LogP contribution is -1.91. The summed E-state index contributed by atoms with van der Waals surface area (Å²) in [6, 6.07) is 13.5. The zero-order valence-corrected chi connectivity index (χ0v) is 11.5. The molecule has 0 amide bonds. The van der Waals surface area contributed by atoms with Crippen LogP contribution < -0.4 is 0 Å². The summed E-state index contributed by atoms with van der Waals surface area (Å²) in [7, 11) is 0. The van der Waals surface area contributed by atoms with Crippen LogP contribution in [0.2, 0.25) is 0 Å². The summed E-state index contributed by atoms with van der Waals surface area (Å²) < 4.78 is 0. The molecule has 0 aliphatic heterocycles. The number of hydrogen-bond donors (Lipinski definition) is 1. The number of pyridine rings is 1. The molecule has 0 spiro atoms. The average molecular weight is 249 g/mol. The number of nitrogens with one attached hydrogen (secondary N) is 1. The lowest BCUT2D eigenvalue weighted by molar-refractivity contribution is 0.878. The Morgan fingerprint density at radius 3 is 2.84 bits per heavy atom. The van der Waals surface area contributed by atoms with Crippen molar-refractivity contribution >= 4 is 10.9 Å². The first-order valence-corrected chi connectivity index (χ1v) is 6.61. The van der Waals surface area contributed by atoms with Crippen LogP contribution >= 0.6 is 0 Å².